The number of hydrogen-bond acceptors (Lipinski definition) is 7. The fourth-order valence-electron chi connectivity index (χ4n) is 2.85. The summed E-state index contributed by atoms with van der Waals surface area (Å²) in [5, 5.41) is 14.0. The SMILES string of the molecule is O=C1/C(=C/C=C/c2ccc([N+](=O)[O-])o2)SC(=S)N1c1ccc(Nc2ccccc2)cc1. The van der Waals surface area contributed by atoms with Gasteiger partial charge in [-0.1, -0.05) is 48.3 Å². The predicted molar refractivity (Wildman–Crippen MR) is 126 cm³/mol. The molecule has 0 unspecified atom stereocenters. The lowest BCUT2D eigenvalue weighted by atomic mass is 10.2. The van der Waals surface area contributed by atoms with Crippen molar-refractivity contribution in [2.75, 3.05) is 10.2 Å². The van der Waals surface area contributed by atoms with Crippen LogP contribution in [0.15, 0.2) is 88.2 Å². The van der Waals surface area contributed by atoms with Gasteiger partial charge in [0.05, 0.1) is 16.7 Å². The van der Waals surface area contributed by atoms with Crippen LogP contribution in [0, 0.1) is 10.1 Å². The Morgan fingerprint density at radius 1 is 1.03 bits per heavy atom. The zero-order valence-electron chi connectivity index (χ0n) is 15.9. The largest absolute Gasteiger partial charge is 0.433 e. The van der Waals surface area contributed by atoms with Gasteiger partial charge < -0.3 is 9.73 Å². The van der Waals surface area contributed by atoms with E-state index < -0.39 is 4.92 Å². The van der Waals surface area contributed by atoms with E-state index in [2.05, 4.69) is 5.32 Å². The number of nitro groups is 1. The van der Waals surface area contributed by atoms with Crippen molar-refractivity contribution in [2.45, 2.75) is 0 Å². The smallest absolute Gasteiger partial charge is 0.401 e. The number of anilines is 3. The molecule has 1 aliphatic heterocycles. The summed E-state index contributed by atoms with van der Waals surface area (Å²) < 4.78 is 5.49. The van der Waals surface area contributed by atoms with Crippen LogP contribution in [-0.2, 0) is 4.79 Å². The second-order valence-electron chi connectivity index (χ2n) is 6.37. The van der Waals surface area contributed by atoms with Gasteiger partial charge in [0.2, 0.25) is 0 Å². The number of nitrogens with one attached hydrogen (secondary N) is 1. The molecule has 2 heterocycles. The maximum absolute atomic E-state index is 12.8. The van der Waals surface area contributed by atoms with Crippen molar-refractivity contribution in [1.29, 1.82) is 0 Å². The molecule has 1 amide bonds. The lowest BCUT2D eigenvalue weighted by molar-refractivity contribution is -0.402. The molecule has 31 heavy (non-hydrogen) atoms. The molecular weight excluding hydrogens is 434 g/mol. The van der Waals surface area contributed by atoms with Gasteiger partial charge >= 0.3 is 5.88 Å². The molecule has 0 aliphatic carbocycles. The molecule has 154 valence electrons. The molecule has 7 nitrogen and oxygen atoms in total. The number of hydrogen-bond donors (Lipinski definition) is 1. The third kappa shape index (κ3) is 4.73. The molecule has 1 N–H and O–H groups in total. The second kappa shape index (κ2) is 8.99. The standard InChI is InChI=1S/C22H15N3O4S2/c26-21-19(8-4-7-18-13-14-20(29-18)25(27)28)31-22(30)24(21)17-11-9-16(10-12-17)23-15-5-2-1-3-6-15/h1-14,23H/b7-4+,19-8-. The lowest BCUT2D eigenvalue weighted by Crippen LogP contribution is -2.27. The van der Waals surface area contributed by atoms with E-state index in [4.69, 9.17) is 16.6 Å². The summed E-state index contributed by atoms with van der Waals surface area (Å²) in [6.45, 7) is 0. The Labute approximate surface area is 187 Å². The Bertz CT molecular complexity index is 1200. The van der Waals surface area contributed by atoms with Crippen LogP contribution in [0.1, 0.15) is 5.76 Å². The van der Waals surface area contributed by atoms with E-state index in [1.165, 1.54) is 28.8 Å². The molecular formula is C22H15N3O4S2. The molecule has 0 bridgehead atoms. The molecule has 1 saturated heterocycles. The number of furan rings is 1. The molecule has 4 rings (SSSR count). The van der Waals surface area contributed by atoms with Crippen LogP contribution in [0.25, 0.3) is 6.08 Å². The zero-order chi connectivity index (χ0) is 21.8. The van der Waals surface area contributed by atoms with E-state index >= 15 is 0 Å². The summed E-state index contributed by atoms with van der Waals surface area (Å²) >= 11 is 6.58. The highest BCUT2D eigenvalue weighted by Gasteiger charge is 2.32. The van der Waals surface area contributed by atoms with Gasteiger partial charge in [0, 0.05) is 11.4 Å². The number of thioether (sulfide) groups is 1. The number of rotatable bonds is 6. The minimum absolute atomic E-state index is 0.228. The first kappa shape index (κ1) is 20.6. The molecule has 3 aromatic rings. The van der Waals surface area contributed by atoms with Crippen molar-refractivity contribution in [3.8, 4) is 0 Å². The number of carbonyl (C=O) groups is 1. The van der Waals surface area contributed by atoms with Crippen molar-refractivity contribution in [3.05, 3.63) is 99.7 Å². The van der Waals surface area contributed by atoms with Gasteiger partial charge in [-0.25, -0.2) is 0 Å². The number of carbonyl (C=O) groups excluding carboxylic acids is 1. The van der Waals surface area contributed by atoms with Gasteiger partial charge in [0.25, 0.3) is 5.91 Å². The zero-order valence-corrected chi connectivity index (χ0v) is 17.6. The van der Waals surface area contributed by atoms with Gasteiger partial charge in [0.1, 0.15) is 10.7 Å². The number of thiocarbonyl (C=S) groups is 1. The number of allylic oxidation sites excluding steroid dienone is 2. The monoisotopic (exact) mass is 449 g/mol. The van der Waals surface area contributed by atoms with Gasteiger partial charge in [-0.05, 0) is 54.6 Å². The normalized spacial score (nSPS) is 15.2. The highest BCUT2D eigenvalue weighted by molar-refractivity contribution is 8.27. The molecule has 9 heteroatoms. The van der Waals surface area contributed by atoms with Gasteiger partial charge in [-0.3, -0.25) is 19.8 Å². The van der Waals surface area contributed by atoms with E-state index in [1.54, 1.807) is 18.2 Å². The van der Waals surface area contributed by atoms with Crippen LogP contribution in [0.3, 0.4) is 0 Å². The molecule has 0 atom stereocenters. The van der Waals surface area contributed by atoms with Crippen molar-refractivity contribution in [1.82, 2.24) is 0 Å². The van der Waals surface area contributed by atoms with E-state index in [-0.39, 0.29) is 11.8 Å². The Morgan fingerprint density at radius 2 is 1.74 bits per heavy atom. The number of amides is 1. The van der Waals surface area contributed by atoms with Crippen LogP contribution < -0.4 is 10.2 Å². The molecule has 0 radical (unpaired) electrons. The molecule has 1 fully saturated rings. The van der Waals surface area contributed by atoms with Gasteiger partial charge in [-0.15, -0.1) is 0 Å². The van der Waals surface area contributed by atoms with E-state index in [1.807, 2.05) is 54.6 Å². The minimum atomic E-state index is -0.608. The summed E-state index contributed by atoms with van der Waals surface area (Å²) in [7, 11) is 0. The van der Waals surface area contributed by atoms with E-state index in [0.717, 1.165) is 11.4 Å². The number of para-hydroxylation sites is 1. The van der Waals surface area contributed by atoms with Crippen LogP contribution in [0.5, 0.6) is 0 Å². The fourth-order valence-corrected chi connectivity index (χ4v) is 4.10. The maximum atomic E-state index is 12.8. The maximum Gasteiger partial charge on any atom is 0.433 e. The first-order valence-corrected chi connectivity index (χ1v) is 10.3. The topological polar surface area (TPSA) is 88.6 Å². The third-order valence-electron chi connectivity index (χ3n) is 4.28. The molecule has 0 spiro atoms. The Kier molecular flexibility index (Phi) is 5.96. The van der Waals surface area contributed by atoms with Crippen molar-refractivity contribution < 1.29 is 14.1 Å². The Morgan fingerprint density at radius 3 is 2.42 bits per heavy atom. The van der Waals surface area contributed by atoms with E-state index in [0.29, 0.717) is 20.7 Å². The van der Waals surface area contributed by atoms with E-state index in [9.17, 15) is 14.9 Å². The van der Waals surface area contributed by atoms with Crippen molar-refractivity contribution in [3.63, 3.8) is 0 Å². The summed E-state index contributed by atoms with van der Waals surface area (Å²) in [6.07, 6.45) is 4.75. The Hall–Kier alpha value is -3.69. The van der Waals surface area contributed by atoms with Crippen LogP contribution in [-0.4, -0.2) is 15.2 Å². The summed E-state index contributed by atoms with van der Waals surface area (Å²) in [5.74, 6) is -0.245. The minimum Gasteiger partial charge on any atom is -0.401 e. The fraction of sp³-hybridized carbons (Fsp3) is 0. The van der Waals surface area contributed by atoms with Crippen LogP contribution in [0.4, 0.5) is 22.9 Å². The predicted octanol–water partition coefficient (Wildman–Crippen LogP) is 5.89. The second-order valence-corrected chi connectivity index (χ2v) is 8.05. The average Bonchev–Trinajstić information content (AvgIpc) is 3.34. The van der Waals surface area contributed by atoms with Crippen molar-refractivity contribution >= 4 is 63.2 Å². The number of nitrogens with zero attached hydrogens (tertiary/aromatic N) is 2. The quantitative estimate of drug-likeness (QED) is 0.217. The van der Waals surface area contributed by atoms with Crippen LogP contribution in [0.2, 0.25) is 0 Å². The number of benzene rings is 2. The first-order valence-electron chi connectivity index (χ1n) is 9.12. The molecule has 1 aromatic heterocycles. The highest BCUT2D eigenvalue weighted by Crippen LogP contribution is 2.35. The first-order chi connectivity index (χ1) is 15.0. The van der Waals surface area contributed by atoms with Gasteiger partial charge in [-0.2, -0.15) is 0 Å². The summed E-state index contributed by atoms with van der Waals surface area (Å²) in [5.41, 5.74) is 2.54. The molecule has 2 aromatic carbocycles. The summed E-state index contributed by atoms with van der Waals surface area (Å²) in [6, 6.07) is 20.0. The lowest BCUT2D eigenvalue weighted by Gasteiger charge is -2.15. The summed E-state index contributed by atoms with van der Waals surface area (Å²) in [4.78, 5) is 24.8. The molecule has 0 saturated carbocycles. The van der Waals surface area contributed by atoms with Crippen molar-refractivity contribution in [2.24, 2.45) is 0 Å². The average molecular weight is 450 g/mol. The Balaban J connectivity index is 1.45. The van der Waals surface area contributed by atoms with Crippen LogP contribution >= 0.6 is 24.0 Å². The molecule has 1 aliphatic rings. The van der Waals surface area contributed by atoms with Gasteiger partial charge in [0.15, 0.2) is 4.32 Å². The third-order valence-corrected chi connectivity index (χ3v) is 5.60. The highest BCUT2D eigenvalue weighted by atomic mass is 32.2.